The molecule has 0 radical (unpaired) electrons. The van der Waals surface area contributed by atoms with Crippen molar-refractivity contribution in [3.8, 4) is 11.5 Å². The van der Waals surface area contributed by atoms with Gasteiger partial charge in [0, 0.05) is 29.7 Å². The number of ether oxygens (including phenoxy) is 3. The van der Waals surface area contributed by atoms with Crippen molar-refractivity contribution in [3.63, 3.8) is 0 Å². The first-order chi connectivity index (χ1) is 17.0. The topological polar surface area (TPSA) is 73.9 Å². The lowest BCUT2D eigenvalue weighted by Gasteiger charge is -2.39. The van der Waals surface area contributed by atoms with Crippen molar-refractivity contribution < 1.29 is 23.8 Å². The Bertz CT molecular complexity index is 1130. The summed E-state index contributed by atoms with van der Waals surface area (Å²) in [6.07, 6.45) is 3.42. The highest BCUT2D eigenvalue weighted by Gasteiger charge is 2.45. The van der Waals surface area contributed by atoms with Gasteiger partial charge in [0.25, 0.3) is 0 Å². The molecule has 0 saturated heterocycles. The molecule has 6 nitrogen and oxygen atoms in total. The molecule has 3 unspecified atom stereocenters. The lowest BCUT2D eigenvalue weighted by molar-refractivity contribution is -0.139. The molecule has 2 aromatic rings. The van der Waals surface area contributed by atoms with Gasteiger partial charge in [-0.1, -0.05) is 37.3 Å². The average Bonchev–Trinajstić information content (AvgIpc) is 2.87. The van der Waals surface area contributed by atoms with Crippen LogP contribution in [0.25, 0.3) is 0 Å². The van der Waals surface area contributed by atoms with Crippen molar-refractivity contribution in [2.75, 3.05) is 20.3 Å². The lowest BCUT2D eigenvalue weighted by atomic mass is 9.68. The van der Waals surface area contributed by atoms with Crippen LogP contribution in [0.3, 0.4) is 0 Å². The second-order valence-corrected chi connectivity index (χ2v) is 8.93. The Morgan fingerprint density at radius 3 is 2.26 bits per heavy atom. The first-order valence-electron chi connectivity index (χ1n) is 12.2. The molecule has 6 heteroatoms. The molecule has 2 aliphatic rings. The minimum Gasteiger partial charge on any atom is -0.497 e. The summed E-state index contributed by atoms with van der Waals surface area (Å²) in [6.45, 7) is 6.63. The number of hydrogen-bond donors (Lipinski definition) is 1. The Labute approximate surface area is 207 Å². The van der Waals surface area contributed by atoms with Crippen LogP contribution in [-0.4, -0.2) is 32.1 Å². The predicted octanol–water partition coefficient (Wildman–Crippen LogP) is 5.26. The molecule has 1 aliphatic carbocycles. The zero-order valence-corrected chi connectivity index (χ0v) is 20.8. The largest absolute Gasteiger partial charge is 0.497 e. The van der Waals surface area contributed by atoms with Crippen LogP contribution in [0.4, 0.5) is 0 Å². The van der Waals surface area contributed by atoms with Crippen molar-refractivity contribution in [1.82, 2.24) is 5.32 Å². The van der Waals surface area contributed by atoms with E-state index in [4.69, 9.17) is 14.2 Å². The third kappa shape index (κ3) is 5.11. The van der Waals surface area contributed by atoms with E-state index in [2.05, 4.69) is 18.3 Å². The normalized spacial score (nSPS) is 21.5. The fourth-order valence-corrected chi connectivity index (χ4v) is 4.97. The van der Waals surface area contributed by atoms with Crippen LogP contribution >= 0.6 is 0 Å². The van der Waals surface area contributed by atoms with Gasteiger partial charge in [-0.2, -0.15) is 0 Å². The fraction of sp³-hybridized carbons (Fsp3) is 0.379. The number of carbonyl (C=O) groups excluding carboxylic acids is 2. The van der Waals surface area contributed by atoms with Crippen LogP contribution in [0.15, 0.2) is 71.6 Å². The summed E-state index contributed by atoms with van der Waals surface area (Å²) >= 11 is 0. The molecule has 1 aliphatic heterocycles. The highest BCUT2D eigenvalue weighted by molar-refractivity contribution is 5.96. The summed E-state index contributed by atoms with van der Waals surface area (Å²) < 4.78 is 16.4. The van der Waals surface area contributed by atoms with E-state index in [1.165, 1.54) is 0 Å². The van der Waals surface area contributed by atoms with Gasteiger partial charge < -0.3 is 19.5 Å². The summed E-state index contributed by atoms with van der Waals surface area (Å²) in [5, 5.41) is 3.37. The summed E-state index contributed by atoms with van der Waals surface area (Å²) in [6, 6.07) is 15.5. The zero-order chi connectivity index (χ0) is 24.9. The molecule has 1 heterocycles. The minimum absolute atomic E-state index is 0.0467. The first kappa shape index (κ1) is 24.6. The number of fused-ring (bicyclic) bond motifs is 1. The molecule has 35 heavy (non-hydrogen) atoms. The van der Waals surface area contributed by atoms with E-state index < -0.39 is 17.8 Å². The van der Waals surface area contributed by atoms with E-state index in [-0.39, 0.29) is 18.3 Å². The van der Waals surface area contributed by atoms with Gasteiger partial charge >= 0.3 is 5.97 Å². The second-order valence-electron chi connectivity index (χ2n) is 8.93. The predicted molar refractivity (Wildman–Crippen MR) is 134 cm³/mol. The highest BCUT2D eigenvalue weighted by atomic mass is 16.5. The molecule has 3 atom stereocenters. The van der Waals surface area contributed by atoms with Gasteiger partial charge in [-0.05, 0) is 55.7 Å². The molecule has 2 aromatic carbocycles. The monoisotopic (exact) mass is 475 g/mol. The molecule has 0 amide bonds. The van der Waals surface area contributed by atoms with Crippen molar-refractivity contribution in [1.29, 1.82) is 0 Å². The molecule has 0 saturated carbocycles. The van der Waals surface area contributed by atoms with E-state index in [0.29, 0.717) is 24.3 Å². The minimum atomic E-state index is -0.477. The van der Waals surface area contributed by atoms with E-state index in [1.807, 2.05) is 55.5 Å². The Morgan fingerprint density at radius 1 is 0.971 bits per heavy atom. The van der Waals surface area contributed by atoms with Gasteiger partial charge in [0.1, 0.15) is 17.3 Å². The van der Waals surface area contributed by atoms with Gasteiger partial charge in [-0.15, -0.1) is 0 Å². The van der Waals surface area contributed by atoms with Gasteiger partial charge in [0.2, 0.25) is 0 Å². The smallest absolute Gasteiger partial charge is 0.336 e. The van der Waals surface area contributed by atoms with E-state index in [0.717, 1.165) is 34.7 Å². The molecule has 0 aromatic heterocycles. The summed E-state index contributed by atoms with van der Waals surface area (Å²) in [5.41, 5.74) is 4.01. The quantitative estimate of drug-likeness (QED) is 0.525. The number of methoxy groups -OCH3 is 1. The molecule has 0 fully saturated rings. The van der Waals surface area contributed by atoms with Crippen LogP contribution in [-0.2, 0) is 14.3 Å². The van der Waals surface area contributed by atoms with Gasteiger partial charge in [-0.25, -0.2) is 4.79 Å². The molecule has 0 spiro atoms. The third-order valence-electron chi connectivity index (χ3n) is 6.62. The number of allylic oxidation sites excluding steroid dienone is 3. The van der Waals surface area contributed by atoms with E-state index in [9.17, 15) is 9.59 Å². The van der Waals surface area contributed by atoms with Crippen LogP contribution in [0.2, 0.25) is 0 Å². The SMILES string of the molecule is CCCOc1ccc(C2C(C(=O)OCC)=C(C)NC3=CC(c4ccc(OC)cc4)CC(=O)C32)cc1. The first-order valence-corrected chi connectivity index (χ1v) is 12.2. The van der Waals surface area contributed by atoms with Gasteiger partial charge in [0.05, 0.1) is 31.8 Å². The standard InChI is InChI=1S/C29H33NO5/c1-5-15-35-23-13-9-20(10-14-23)27-26(29(32)34-6-2)18(3)30-24-16-21(17-25(31)28(24)27)19-7-11-22(33-4)12-8-19/h7-14,16,21,27-28,30H,5-6,15,17H2,1-4H3. The molecular weight excluding hydrogens is 442 g/mol. The van der Waals surface area contributed by atoms with Crippen LogP contribution in [0.1, 0.15) is 56.6 Å². The molecular formula is C29H33NO5. The second kappa shape index (κ2) is 10.8. The van der Waals surface area contributed by atoms with Gasteiger partial charge in [-0.3, -0.25) is 4.79 Å². The molecule has 184 valence electrons. The number of nitrogens with one attached hydrogen (secondary N) is 1. The average molecular weight is 476 g/mol. The summed E-state index contributed by atoms with van der Waals surface area (Å²) in [7, 11) is 1.64. The summed E-state index contributed by atoms with van der Waals surface area (Å²) in [5.74, 6) is 0.310. The number of rotatable bonds is 8. The lowest BCUT2D eigenvalue weighted by Crippen LogP contribution is -2.41. The number of hydrogen-bond acceptors (Lipinski definition) is 6. The van der Waals surface area contributed by atoms with Crippen molar-refractivity contribution >= 4 is 11.8 Å². The Morgan fingerprint density at radius 2 is 1.63 bits per heavy atom. The maximum atomic E-state index is 13.7. The Hall–Kier alpha value is -3.54. The number of carbonyl (C=O) groups is 2. The molecule has 1 N–H and O–H groups in total. The third-order valence-corrected chi connectivity index (χ3v) is 6.62. The number of ketones is 1. The van der Waals surface area contributed by atoms with E-state index in [1.54, 1.807) is 14.0 Å². The Balaban J connectivity index is 1.74. The summed E-state index contributed by atoms with van der Waals surface area (Å²) in [4.78, 5) is 26.7. The molecule has 0 bridgehead atoms. The number of benzene rings is 2. The van der Waals surface area contributed by atoms with Crippen LogP contribution in [0, 0.1) is 5.92 Å². The van der Waals surface area contributed by atoms with Crippen molar-refractivity contribution in [2.45, 2.75) is 45.4 Å². The maximum Gasteiger partial charge on any atom is 0.336 e. The maximum absolute atomic E-state index is 13.7. The Kier molecular flexibility index (Phi) is 7.59. The van der Waals surface area contributed by atoms with Crippen molar-refractivity contribution in [3.05, 3.63) is 82.7 Å². The number of Topliss-reactive ketones (excluding diaryl/α,β-unsaturated/α-hetero) is 1. The highest BCUT2D eigenvalue weighted by Crippen LogP contribution is 2.46. The van der Waals surface area contributed by atoms with E-state index >= 15 is 0 Å². The zero-order valence-electron chi connectivity index (χ0n) is 20.8. The van der Waals surface area contributed by atoms with Gasteiger partial charge in [0.15, 0.2) is 0 Å². The molecule has 4 rings (SSSR count). The fourth-order valence-electron chi connectivity index (χ4n) is 4.97. The van der Waals surface area contributed by atoms with Crippen LogP contribution in [0.5, 0.6) is 11.5 Å². The number of esters is 1. The van der Waals surface area contributed by atoms with Crippen molar-refractivity contribution in [2.24, 2.45) is 5.92 Å². The van der Waals surface area contributed by atoms with Crippen LogP contribution < -0.4 is 14.8 Å².